The van der Waals surface area contributed by atoms with Crippen molar-refractivity contribution in [3.05, 3.63) is 35.6 Å². The molecule has 2 rings (SSSR count). The third-order valence-corrected chi connectivity index (χ3v) is 2.67. The number of hydrogen-bond donors (Lipinski definition) is 1. The zero-order chi connectivity index (χ0) is 11.9. The topological polar surface area (TPSA) is 50.4 Å². The van der Waals surface area contributed by atoms with E-state index < -0.39 is 5.97 Å². The average molecular weight is 218 g/mol. The first kappa shape index (κ1) is 10.7. The number of hydrogen-bond acceptors (Lipinski definition) is 2. The van der Waals surface area contributed by atoms with E-state index >= 15 is 0 Å². The third-order valence-electron chi connectivity index (χ3n) is 2.67. The standard InChI is InChI=1S/C13H14O3/c1-13(2,3)8-4-5-11-9(6-8)10(7-16-11)12(14)15/h4-7H,1-3H3,(H,14,15). The fourth-order valence-corrected chi connectivity index (χ4v) is 1.66. The number of carboxylic acid groups (broad SMARTS) is 1. The summed E-state index contributed by atoms with van der Waals surface area (Å²) in [6.07, 6.45) is 1.29. The van der Waals surface area contributed by atoms with Crippen molar-refractivity contribution >= 4 is 16.9 Å². The molecule has 0 atom stereocenters. The van der Waals surface area contributed by atoms with Crippen molar-refractivity contribution < 1.29 is 14.3 Å². The minimum Gasteiger partial charge on any atom is -0.478 e. The molecular weight excluding hydrogens is 204 g/mol. The van der Waals surface area contributed by atoms with Crippen LogP contribution in [0.4, 0.5) is 0 Å². The van der Waals surface area contributed by atoms with Crippen LogP contribution in [0.3, 0.4) is 0 Å². The van der Waals surface area contributed by atoms with Gasteiger partial charge >= 0.3 is 5.97 Å². The molecule has 1 aromatic heterocycles. The Bertz CT molecular complexity index is 544. The predicted molar refractivity (Wildman–Crippen MR) is 61.9 cm³/mol. The number of carboxylic acids is 1. The van der Waals surface area contributed by atoms with E-state index in [1.165, 1.54) is 6.26 Å². The first-order valence-corrected chi connectivity index (χ1v) is 5.14. The highest BCUT2D eigenvalue weighted by Gasteiger charge is 2.17. The van der Waals surface area contributed by atoms with Crippen LogP contribution in [-0.4, -0.2) is 11.1 Å². The second-order valence-electron chi connectivity index (χ2n) is 4.92. The molecule has 16 heavy (non-hydrogen) atoms. The largest absolute Gasteiger partial charge is 0.478 e. The van der Waals surface area contributed by atoms with Crippen LogP contribution in [0.25, 0.3) is 11.0 Å². The second kappa shape index (κ2) is 3.37. The van der Waals surface area contributed by atoms with Gasteiger partial charge in [-0.15, -0.1) is 0 Å². The van der Waals surface area contributed by atoms with Gasteiger partial charge in [0.2, 0.25) is 0 Å². The van der Waals surface area contributed by atoms with Gasteiger partial charge in [-0.2, -0.15) is 0 Å². The van der Waals surface area contributed by atoms with Crippen LogP contribution in [-0.2, 0) is 5.41 Å². The molecule has 0 fully saturated rings. The van der Waals surface area contributed by atoms with Gasteiger partial charge in [0.25, 0.3) is 0 Å². The molecule has 1 N–H and O–H groups in total. The van der Waals surface area contributed by atoms with Crippen molar-refractivity contribution in [3.63, 3.8) is 0 Å². The molecular formula is C13H14O3. The average Bonchev–Trinajstić information content (AvgIpc) is 2.58. The van der Waals surface area contributed by atoms with Crippen LogP contribution in [0.5, 0.6) is 0 Å². The predicted octanol–water partition coefficient (Wildman–Crippen LogP) is 3.43. The Morgan fingerprint density at radius 1 is 1.31 bits per heavy atom. The SMILES string of the molecule is CC(C)(C)c1ccc2occ(C(=O)O)c2c1. The molecule has 0 saturated heterocycles. The molecule has 0 aliphatic rings. The van der Waals surface area contributed by atoms with Crippen LogP contribution in [0.1, 0.15) is 36.7 Å². The fraction of sp³-hybridized carbons (Fsp3) is 0.308. The maximum atomic E-state index is 11.0. The van der Waals surface area contributed by atoms with Crippen molar-refractivity contribution in [1.29, 1.82) is 0 Å². The number of aromatic carboxylic acids is 1. The summed E-state index contributed by atoms with van der Waals surface area (Å²) in [4.78, 5) is 11.0. The summed E-state index contributed by atoms with van der Waals surface area (Å²) in [5.41, 5.74) is 1.94. The molecule has 0 aliphatic heterocycles. The molecule has 0 radical (unpaired) electrons. The Morgan fingerprint density at radius 2 is 2.00 bits per heavy atom. The van der Waals surface area contributed by atoms with E-state index in [4.69, 9.17) is 9.52 Å². The lowest BCUT2D eigenvalue weighted by Gasteiger charge is -2.18. The number of rotatable bonds is 1. The van der Waals surface area contributed by atoms with Gasteiger partial charge in [-0.05, 0) is 23.1 Å². The first-order valence-electron chi connectivity index (χ1n) is 5.14. The van der Waals surface area contributed by atoms with Gasteiger partial charge in [0.05, 0.1) is 0 Å². The lowest BCUT2D eigenvalue weighted by Crippen LogP contribution is -2.10. The lowest BCUT2D eigenvalue weighted by atomic mass is 9.86. The Kier molecular flexibility index (Phi) is 2.26. The van der Waals surface area contributed by atoms with Crippen molar-refractivity contribution in [2.45, 2.75) is 26.2 Å². The summed E-state index contributed by atoms with van der Waals surface area (Å²) in [7, 11) is 0. The third kappa shape index (κ3) is 1.69. The number of benzene rings is 1. The first-order chi connectivity index (χ1) is 7.39. The van der Waals surface area contributed by atoms with Gasteiger partial charge in [0.1, 0.15) is 17.4 Å². The molecule has 84 valence electrons. The maximum Gasteiger partial charge on any atom is 0.339 e. The molecule has 0 spiro atoms. The van der Waals surface area contributed by atoms with Crippen molar-refractivity contribution in [1.82, 2.24) is 0 Å². The molecule has 1 heterocycles. The smallest absolute Gasteiger partial charge is 0.339 e. The summed E-state index contributed by atoms with van der Waals surface area (Å²) < 4.78 is 5.20. The van der Waals surface area contributed by atoms with E-state index in [2.05, 4.69) is 20.8 Å². The molecule has 0 bridgehead atoms. The second-order valence-corrected chi connectivity index (χ2v) is 4.92. The Labute approximate surface area is 93.7 Å². The molecule has 0 aliphatic carbocycles. The molecule has 0 unspecified atom stereocenters. The van der Waals surface area contributed by atoms with Crippen molar-refractivity contribution in [2.24, 2.45) is 0 Å². The van der Waals surface area contributed by atoms with E-state index in [1.807, 2.05) is 18.2 Å². The van der Waals surface area contributed by atoms with E-state index in [0.717, 1.165) is 5.56 Å². The summed E-state index contributed by atoms with van der Waals surface area (Å²) in [6, 6.07) is 5.68. The summed E-state index contributed by atoms with van der Waals surface area (Å²) in [5.74, 6) is -0.954. The van der Waals surface area contributed by atoms with E-state index in [1.54, 1.807) is 0 Å². The van der Waals surface area contributed by atoms with Crippen LogP contribution in [0, 0.1) is 0 Å². The van der Waals surface area contributed by atoms with Crippen LogP contribution in [0.2, 0.25) is 0 Å². The van der Waals surface area contributed by atoms with E-state index in [0.29, 0.717) is 11.0 Å². The van der Waals surface area contributed by atoms with Gasteiger partial charge in [-0.1, -0.05) is 26.8 Å². The molecule has 2 aromatic rings. The summed E-state index contributed by atoms with van der Waals surface area (Å²) in [5, 5.41) is 9.67. The highest BCUT2D eigenvalue weighted by atomic mass is 16.4. The highest BCUT2D eigenvalue weighted by Crippen LogP contribution is 2.28. The Hall–Kier alpha value is -1.77. The zero-order valence-electron chi connectivity index (χ0n) is 9.57. The zero-order valence-corrected chi connectivity index (χ0v) is 9.57. The van der Waals surface area contributed by atoms with Gasteiger partial charge in [-0.25, -0.2) is 4.79 Å². The molecule has 0 saturated carbocycles. The number of fused-ring (bicyclic) bond motifs is 1. The Balaban J connectivity index is 2.68. The summed E-state index contributed by atoms with van der Waals surface area (Å²) >= 11 is 0. The van der Waals surface area contributed by atoms with Crippen molar-refractivity contribution in [2.75, 3.05) is 0 Å². The highest BCUT2D eigenvalue weighted by molar-refractivity contribution is 6.02. The van der Waals surface area contributed by atoms with Crippen LogP contribution in [0.15, 0.2) is 28.9 Å². The quantitative estimate of drug-likeness (QED) is 0.797. The lowest BCUT2D eigenvalue weighted by molar-refractivity contribution is 0.0698. The molecule has 3 nitrogen and oxygen atoms in total. The van der Waals surface area contributed by atoms with Gasteiger partial charge < -0.3 is 9.52 Å². The van der Waals surface area contributed by atoms with Gasteiger partial charge in [-0.3, -0.25) is 0 Å². The van der Waals surface area contributed by atoms with Crippen LogP contribution >= 0.6 is 0 Å². The van der Waals surface area contributed by atoms with Crippen molar-refractivity contribution in [3.8, 4) is 0 Å². The molecule has 3 heteroatoms. The molecule has 0 amide bonds. The van der Waals surface area contributed by atoms with Crippen LogP contribution < -0.4 is 0 Å². The van der Waals surface area contributed by atoms with E-state index in [9.17, 15) is 4.79 Å². The van der Waals surface area contributed by atoms with E-state index in [-0.39, 0.29) is 11.0 Å². The summed E-state index contributed by atoms with van der Waals surface area (Å²) in [6.45, 7) is 6.28. The number of carbonyl (C=O) groups is 1. The van der Waals surface area contributed by atoms with Gasteiger partial charge in [0, 0.05) is 5.39 Å². The maximum absolute atomic E-state index is 11.0. The minimum atomic E-state index is -0.954. The van der Waals surface area contributed by atoms with Gasteiger partial charge in [0.15, 0.2) is 0 Å². The fourth-order valence-electron chi connectivity index (χ4n) is 1.66. The normalized spacial score (nSPS) is 11.9. The molecule has 1 aromatic carbocycles. The monoisotopic (exact) mass is 218 g/mol. The number of furan rings is 1. The Morgan fingerprint density at radius 3 is 2.56 bits per heavy atom. The minimum absolute atomic E-state index is 0.00122.